The van der Waals surface area contributed by atoms with Crippen LogP contribution >= 0.6 is 24.2 Å². The van der Waals surface area contributed by atoms with Crippen molar-refractivity contribution in [2.45, 2.75) is 5.25 Å². The number of hydrogen-bond donors (Lipinski definition) is 2. The van der Waals surface area contributed by atoms with E-state index in [0.717, 1.165) is 0 Å². The molecule has 1 atom stereocenters. The summed E-state index contributed by atoms with van der Waals surface area (Å²) in [5.74, 6) is 1.19. The maximum Gasteiger partial charge on any atom is 0.266 e. The predicted octanol–water partition coefficient (Wildman–Crippen LogP) is 3.74. The van der Waals surface area contributed by atoms with Gasteiger partial charge in [-0.05, 0) is 18.2 Å². The first kappa shape index (κ1) is 21.2. The van der Waals surface area contributed by atoms with Crippen molar-refractivity contribution in [1.29, 1.82) is 0 Å². The van der Waals surface area contributed by atoms with Gasteiger partial charge in [0.1, 0.15) is 22.9 Å². The third kappa shape index (κ3) is 3.47. The minimum atomic E-state index is -0.711. The average Bonchev–Trinajstić information content (AvgIpc) is 3.32. The molecule has 1 N–H and O–H groups in total. The molecule has 0 radical (unpaired) electrons. The van der Waals surface area contributed by atoms with Crippen LogP contribution < -0.4 is 15.0 Å². The molecule has 0 aliphatic carbocycles. The number of hydrogen-bond acceptors (Lipinski definition) is 8. The minimum Gasteiger partial charge on any atom is -0.493 e. The lowest BCUT2D eigenvalue weighted by Crippen LogP contribution is -2.25. The highest BCUT2D eigenvalue weighted by Gasteiger charge is 2.25. The first-order valence-electron chi connectivity index (χ1n) is 9.79. The van der Waals surface area contributed by atoms with E-state index in [-0.39, 0.29) is 5.56 Å². The number of methoxy groups -OCH3 is 2. The van der Waals surface area contributed by atoms with Gasteiger partial charge < -0.3 is 14.5 Å². The Hall–Kier alpha value is -3.63. The maximum absolute atomic E-state index is 13.8. The van der Waals surface area contributed by atoms with Crippen LogP contribution in [0.5, 0.6) is 11.5 Å². The molecular weight excluding hydrogens is 464 g/mol. The van der Waals surface area contributed by atoms with Gasteiger partial charge in [0, 0.05) is 6.07 Å². The van der Waals surface area contributed by atoms with Crippen LogP contribution in [0.2, 0.25) is 5.02 Å². The number of fused-ring (bicyclic) bond motifs is 2. The second kappa shape index (κ2) is 8.38. The summed E-state index contributed by atoms with van der Waals surface area (Å²) in [6, 6.07) is 10.3. The van der Waals surface area contributed by atoms with Gasteiger partial charge in [-0.15, -0.1) is 0 Å². The summed E-state index contributed by atoms with van der Waals surface area (Å²) < 4.78 is 12.2. The summed E-state index contributed by atoms with van der Waals surface area (Å²) in [7, 11) is 3.03. The zero-order valence-corrected chi connectivity index (χ0v) is 19.1. The smallest absolute Gasteiger partial charge is 0.266 e. The number of halogens is 1. The largest absolute Gasteiger partial charge is 0.493 e. The van der Waals surface area contributed by atoms with Crippen molar-refractivity contribution in [3.05, 3.63) is 75.9 Å². The van der Waals surface area contributed by atoms with Crippen LogP contribution in [0.3, 0.4) is 0 Å². The number of benzene rings is 2. The highest BCUT2D eigenvalue weighted by Crippen LogP contribution is 2.35. The quantitative estimate of drug-likeness (QED) is 0.369. The number of rotatable bonds is 5. The molecular formula is C22H17ClN6O3S. The lowest BCUT2D eigenvalue weighted by molar-refractivity contribution is 0.355. The molecule has 5 rings (SSSR count). The van der Waals surface area contributed by atoms with Gasteiger partial charge in [-0.1, -0.05) is 23.7 Å². The van der Waals surface area contributed by atoms with Gasteiger partial charge in [0.25, 0.3) is 5.56 Å². The first-order valence-corrected chi connectivity index (χ1v) is 10.7. The van der Waals surface area contributed by atoms with E-state index >= 15 is 0 Å². The summed E-state index contributed by atoms with van der Waals surface area (Å²) in [6.07, 6.45) is 2.92. The lowest BCUT2D eigenvalue weighted by Gasteiger charge is -2.19. The van der Waals surface area contributed by atoms with Crippen LogP contribution in [-0.4, -0.2) is 43.7 Å². The van der Waals surface area contributed by atoms with Crippen molar-refractivity contribution in [2.75, 3.05) is 14.2 Å². The van der Waals surface area contributed by atoms with Crippen molar-refractivity contribution in [1.82, 2.24) is 29.5 Å². The van der Waals surface area contributed by atoms with Crippen LogP contribution in [0.1, 0.15) is 16.8 Å². The average molecular weight is 481 g/mol. The molecule has 0 bridgehead atoms. The third-order valence-corrected chi connectivity index (χ3v) is 6.04. The maximum atomic E-state index is 13.8. The van der Waals surface area contributed by atoms with Crippen LogP contribution in [0, 0.1) is 0 Å². The molecule has 33 heavy (non-hydrogen) atoms. The topological polar surface area (TPSA) is 108 Å². The number of H-pyrrole nitrogens is 1. The lowest BCUT2D eigenvalue weighted by atomic mass is 10.1. The Morgan fingerprint density at radius 3 is 2.61 bits per heavy atom. The summed E-state index contributed by atoms with van der Waals surface area (Å²) >= 11 is 11.3. The summed E-state index contributed by atoms with van der Waals surface area (Å²) in [4.78, 5) is 34.4. The minimum absolute atomic E-state index is 0.325. The fraction of sp³-hybridized carbons (Fsp3) is 0.136. The highest BCUT2D eigenvalue weighted by atomic mass is 35.5. The SMILES string of the molecule is COc1cc2nc(C(S)c3ncnc4nc[nH]c34)n(-c3ccccc3Cl)c(=O)c2cc1OC. The number of nitrogens with zero attached hydrogens (tertiary/aromatic N) is 5. The molecule has 5 aromatic rings. The van der Waals surface area contributed by atoms with Crippen molar-refractivity contribution >= 4 is 46.3 Å². The monoisotopic (exact) mass is 480 g/mol. The summed E-state index contributed by atoms with van der Waals surface area (Å²) in [6.45, 7) is 0. The Morgan fingerprint density at radius 2 is 1.85 bits per heavy atom. The highest BCUT2D eigenvalue weighted by molar-refractivity contribution is 7.80. The molecule has 0 spiro atoms. The van der Waals surface area contributed by atoms with Crippen LogP contribution in [0.25, 0.3) is 27.8 Å². The van der Waals surface area contributed by atoms with E-state index in [9.17, 15) is 4.79 Å². The molecule has 0 saturated carbocycles. The second-order valence-electron chi connectivity index (χ2n) is 7.05. The number of aromatic amines is 1. The molecule has 2 aromatic carbocycles. The number of para-hydroxylation sites is 1. The Morgan fingerprint density at radius 1 is 1.09 bits per heavy atom. The molecule has 0 aliphatic heterocycles. The van der Waals surface area contributed by atoms with Gasteiger partial charge in [-0.3, -0.25) is 9.36 Å². The van der Waals surface area contributed by atoms with Gasteiger partial charge in [-0.2, -0.15) is 12.6 Å². The molecule has 0 amide bonds. The van der Waals surface area contributed by atoms with E-state index in [0.29, 0.717) is 55.8 Å². The Labute approximate surface area is 197 Å². The third-order valence-electron chi connectivity index (χ3n) is 5.25. The normalized spacial score (nSPS) is 12.2. The number of imidazole rings is 1. The van der Waals surface area contributed by atoms with Crippen molar-refractivity contribution < 1.29 is 9.47 Å². The van der Waals surface area contributed by atoms with Gasteiger partial charge in [0.2, 0.25) is 0 Å². The van der Waals surface area contributed by atoms with E-state index in [1.54, 1.807) is 36.4 Å². The molecule has 3 aromatic heterocycles. The molecule has 1 unspecified atom stereocenters. The zero-order valence-electron chi connectivity index (χ0n) is 17.5. The summed E-state index contributed by atoms with van der Waals surface area (Å²) in [5.41, 5.74) is 2.16. The second-order valence-corrected chi connectivity index (χ2v) is 7.97. The van der Waals surface area contributed by atoms with Crippen LogP contribution in [0.15, 0.2) is 53.8 Å². The molecule has 0 saturated heterocycles. The van der Waals surface area contributed by atoms with Gasteiger partial charge in [0.15, 0.2) is 17.1 Å². The molecule has 166 valence electrons. The Balaban J connectivity index is 1.86. The van der Waals surface area contributed by atoms with Crippen LogP contribution in [-0.2, 0) is 0 Å². The number of ether oxygens (including phenoxy) is 2. The first-order chi connectivity index (χ1) is 16.0. The molecule has 11 heteroatoms. The molecule has 3 heterocycles. The van der Waals surface area contributed by atoms with E-state index in [2.05, 4.69) is 19.9 Å². The van der Waals surface area contributed by atoms with E-state index in [1.165, 1.54) is 31.4 Å². The molecule has 9 nitrogen and oxygen atoms in total. The van der Waals surface area contributed by atoms with Crippen molar-refractivity contribution in [3.8, 4) is 17.2 Å². The Kier molecular flexibility index (Phi) is 5.39. The standard InChI is InChI=1S/C22H17ClN6O3S/c1-31-15-7-11-13(8-16(15)32-2)28-21(29(22(11)30)14-6-4-3-5-12(14)23)19(33)17-18-20(26-9-24-17)27-10-25-18/h3-10,19,33H,1-2H3,(H,24,25,26,27). The molecule has 0 aliphatic rings. The predicted molar refractivity (Wildman–Crippen MR) is 128 cm³/mol. The zero-order chi connectivity index (χ0) is 23.1. The van der Waals surface area contributed by atoms with Crippen LogP contribution in [0.4, 0.5) is 0 Å². The number of aromatic nitrogens is 6. The van der Waals surface area contributed by atoms with Crippen molar-refractivity contribution in [2.24, 2.45) is 0 Å². The number of thiol groups is 1. The Bertz CT molecular complexity index is 1570. The van der Waals surface area contributed by atoms with Crippen molar-refractivity contribution in [3.63, 3.8) is 0 Å². The van der Waals surface area contributed by atoms with E-state index in [1.807, 2.05) is 0 Å². The van der Waals surface area contributed by atoms with E-state index in [4.69, 9.17) is 38.7 Å². The fourth-order valence-electron chi connectivity index (χ4n) is 3.69. The number of nitrogens with one attached hydrogen (secondary N) is 1. The summed E-state index contributed by atoms with van der Waals surface area (Å²) in [5, 5.41) is 0.0148. The van der Waals surface area contributed by atoms with Gasteiger partial charge in [0.05, 0.1) is 47.9 Å². The van der Waals surface area contributed by atoms with E-state index < -0.39 is 5.25 Å². The van der Waals surface area contributed by atoms with Gasteiger partial charge >= 0.3 is 0 Å². The molecule has 0 fully saturated rings. The van der Waals surface area contributed by atoms with Gasteiger partial charge in [-0.25, -0.2) is 19.9 Å². The fourth-order valence-corrected chi connectivity index (χ4v) is 4.28.